The minimum atomic E-state index is -0.489. The summed E-state index contributed by atoms with van der Waals surface area (Å²) in [6.45, 7) is 2.72. The van der Waals surface area contributed by atoms with Crippen LogP contribution >= 0.6 is 0 Å². The normalized spacial score (nSPS) is 19.1. The van der Waals surface area contributed by atoms with E-state index in [2.05, 4.69) is 33.1 Å². The van der Waals surface area contributed by atoms with Gasteiger partial charge >= 0.3 is 0 Å². The molecule has 1 aliphatic carbocycles. The zero-order valence-corrected chi connectivity index (χ0v) is 16.1. The molecule has 2 heterocycles. The van der Waals surface area contributed by atoms with Crippen LogP contribution in [0.4, 0.5) is 0 Å². The summed E-state index contributed by atoms with van der Waals surface area (Å²) >= 11 is 0. The van der Waals surface area contributed by atoms with Gasteiger partial charge in [0.15, 0.2) is 0 Å². The van der Waals surface area contributed by atoms with Crippen molar-refractivity contribution < 1.29 is 9.84 Å². The van der Waals surface area contributed by atoms with Gasteiger partial charge in [0.1, 0.15) is 18.5 Å². The number of nitrogens with zero attached hydrogens (tertiary/aromatic N) is 2. The van der Waals surface area contributed by atoms with Crippen molar-refractivity contribution >= 4 is 0 Å². The third-order valence-electron chi connectivity index (χ3n) is 5.98. The van der Waals surface area contributed by atoms with E-state index >= 15 is 0 Å². The molecule has 2 N–H and O–H groups in total. The van der Waals surface area contributed by atoms with E-state index in [0.717, 1.165) is 43.3 Å². The Kier molecular flexibility index (Phi) is 6.10. The number of aromatic amines is 1. The van der Waals surface area contributed by atoms with Crippen LogP contribution < -0.4 is 4.74 Å². The Balaban J connectivity index is 1.21. The standard InChI is InChI=1S/C22H31N3O2/c26-19(13-25-11-10-21-22(14-25)24-16-23-21)15-27-20-7-3-6-18(12-20)9-8-17-4-1-2-5-17/h3,6-7,12,16-17,19,26H,1-2,4-5,8-11,13-15H2,(H,23,24). The summed E-state index contributed by atoms with van der Waals surface area (Å²) in [5.41, 5.74) is 3.67. The quantitative estimate of drug-likeness (QED) is 0.749. The molecule has 5 heteroatoms. The molecule has 0 spiro atoms. The lowest BCUT2D eigenvalue weighted by Crippen LogP contribution is -2.38. The summed E-state index contributed by atoms with van der Waals surface area (Å²) in [6, 6.07) is 8.38. The second-order valence-corrected chi connectivity index (χ2v) is 8.11. The van der Waals surface area contributed by atoms with Gasteiger partial charge in [-0.1, -0.05) is 37.8 Å². The molecule has 146 valence electrons. The summed E-state index contributed by atoms with van der Waals surface area (Å²) in [6.07, 6.45) is 10.2. The zero-order chi connectivity index (χ0) is 18.5. The van der Waals surface area contributed by atoms with Crippen LogP contribution in [0.15, 0.2) is 30.6 Å². The maximum Gasteiger partial charge on any atom is 0.119 e. The first kappa shape index (κ1) is 18.5. The molecule has 0 saturated heterocycles. The summed E-state index contributed by atoms with van der Waals surface area (Å²) in [7, 11) is 0. The third-order valence-corrected chi connectivity index (χ3v) is 5.98. The van der Waals surface area contributed by atoms with Crippen molar-refractivity contribution in [1.29, 1.82) is 0 Å². The van der Waals surface area contributed by atoms with Crippen LogP contribution in [0.5, 0.6) is 5.75 Å². The molecule has 4 rings (SSSR count). The Morgan fingerprint density at radius 1 is 1.30 bits per heavy atom. The minimum absolute atomic E-state index is 0.332. The number of β-amino-alcohol motifs (C(OH)–C–C–N with tert-alkyl or cyclic N) is 1. The topological polar surface area (TPSA) is 61.4 Å². The van der Waals surface area contributed by atoms with Crippen molar-refractivity contribution in [2.45, 2.75) is 57.6 Å². The highest BCUT2D eigenvalue weighted by molar-refractivity contribution is 5.28. The van der Waals surface area contributed by atoms with E-state index in [0.29, 0.717) is 13.2 Å². The van der Waals surface area contributed by atoms with Crippen molar-refractivity contribution in [3.8, 4) is 5.75 Å². The Bertz CT molecular complexity index is 724. The molecule has 2 aliphatic rings. The summed E-state index contributed by atoms with van der Waals surface area (Å²) in [5.74, 6) is 1.78. The molecular formula is C22H31N3O2. The number of H-pyrrole nitrogens is 1. The molecule has 1 aromatic heterocycles. The highest BCUT2D eigenvalue weighted by Gasteiger charge is 2.20. The number of aliphatic hydroxyl groups is 1. The summed E-state index contributed by atoms with van der Waals surface area (Å²) in [5, 5.41) is 10.4. The molecule has 0 radical (unpaired) electrons. The monoisotopic (exact) mass is 369 g/mol. The minimum Gasteiger partial charge on any atom is -0.491 e. The van der Waals surface area contributed by atoms with Crippen LogP contribution in [0.1, 0.15) is 49.1 Å². The maximum atomic E-state index is 10.4. The largest absolute Gasteiger partial charge is 0.491 e. The number of aryl methyl sites for hydroxylation is 1. The Morgan fingerprint density at radius 2 is 2.19 bits per heavy atom. The van der Waals surface area contributed by atoms with Gasteiger partial charge in [0.05, 0.1) is 17.7 Å². The average Bonchev–Trinajstić information content (AvgIpc) is 3.36. The van der Waals surface area contributed by atoms with Gasteiger partial charge in [0.25, 0.3) is 0 Å². The number of hydrogen-bond acceptors (Lipinski definition) is 4. The van der Waals surface area contributed by atoms with E-state index in [1.165, 1.54) is 43.4 Å². The first-order valence-electron chi connectivity index (χ1n) is 10.4. The summed E-state index contributed by atoms with van der Waals surface area (Å²) < 4.78 is 5.88. The van der Waals surface area contributed by atoms with Gasteiger partial charge in [-0.3, -0.25) is 4.90 Å². The fourth-order valence-corrected chi connectivity index (χ4v) is 4.43. The predicted molar refractivity (Wildman–Crippen MR) is 106 cm³/mol. The van der Waals surface area contributed by atoms with Gasteiger partial charge in [-0.05, 0) is 36.5 Å². The van der Waals surface area contributed by atoms with E-state index in [9.17, 15) is 5.11 Å². The molecule has 2 aromatic rings. The molecule has 0 amide bonds. The molecule has 1 aromatic carbocycles. The van der Waals surface area contributed by atoms with Crippen molar-refractivity contribution in [3.05, 3.63) is 47.5 Å². The van der Waals surface area contributed by atoms with Crippen molar-refractivity contribution in [1.82, 2.24) is 14.9 Å². The number of aliphatic hydroxyl groups excluding tert-OH is 1. The highest BCUT2D eigenvalue weighted by Crippen LogP contribution is 2.29. The average molecular weight is 370 g/mol. The van der Waals surface area contributed by atoms with Crippen molar-refractivity contribution in [3.63, 3.8) is 0 Å². The number of rotatable bonds is 8. The number of nitrogens with one attached hydrogen (secondary N) is 1. The highest BCUT2D eigenvalue weighted by atomic mass is 16.5. The number of fused-ring (bicyclic) bond motifs is 1. The number of ether oxygens (including phenoxy) is 1. The van der Waals surface area contributed by atoms with Crippen LogP contribution in [0.25, 0.3) is 0 Å². The SMILES string of the molecule is OC(COc1cccc(CCC2CCCC2)c1)CN1CCc2nc[nH]c2C1. The molecule has 0 bridgehead atoms. The maximum absolute atomic E-state index is 10.4. The van der Waals surface area contributed by atoms with Crippen LogP contribution in [0.3, 0.4) is 0 Å². The predicted octanol–water partition coefficient (Wildman–Crippen LogP) is 3.33. The molecular weight excluding hydrogens is 338 g/mol. The molecule has 5 nitrogen and oxygen atoms in total. The van der Waals surface area contributed by atoms with Crippen LogP contribution in [-0.2, 0) is 19.4 Å². The van der Waals surface area contributed by atoms with Gasteiger partial charge in [0, 0.05) is 26.1 Å². The van der Waals surface area contributed by atoms with Gasteiger partial charge in [-0.25, -0.2) is 4.98 Å². The van der Waals surface area contributed by atoms with E-state index < -0.39 is 6.10 Å². The second kappa shape index (κ2) is 8.89. The van der Waals surface area contributed by atoms with Crippen LogP contribution in [0.2, 0.25) is 0 Å². The van der Waals surface area contributed by atoms with Crippen molar-refractivity contribution in [2.75, 3.05) is 19.7 Å². The van der Waals surface area contributed by atoms with E-state index in [1.54, 1.807) is 6.33 Å². The Labute approximate surface area is 161 Å². The lowest BCUT2D eigenvalue weighted by molar-refractivity contribution is 0.0632. The number of hydrogen-bond donors (Lipinski definition) is 2. The van der Waals surface area contributed by atoms with E-state index in [-0.39, 0.29) is 0 Å². The fraction of sp³-hybridized carbons (Fsp3) is 0.591. The Hall–Kier alpha value is -1.85. The first-order valence-corrected chi connectivity index (χ1v) is 10.4. The molecule has 1 saturated carbocycles. The zero-order valence-electron chi connectivity index (χ0n) is 16.1. The van der Waals surface area contributed by atoms with Crippen molar-refractivity contribution in [2.24, 2.45) is 5.92 Å². The first-order chi connectivity index (χ1) is 13.3. The van der Waals surface area contributed by atoms with E-state index in [1.807, 2.05) is 6.07 Å². The fourth-order valence-electron chi connectivity index (χ4n) is 4.43. The van der Waals surface area contributed by atoms with Crippen LogP contribution in [0, 0.1) is 5.92 Å². The molecule has 1 aliphatic heterocycles. The molecule has 27 heavy (non-hydrogen) atoms. The summed E-state index contributed by atoms with van der Waals surface area (Å²) in [4.78, 5) is 9.77. The Morgan fingerprint density at radius 3 is 3.07 bits per heavy atom. The number of imidazole rings is 1. The molecule has 1 atom stereocenters. The molecule has 1 fully saturated rings. The van der Waals surface area contributed by atoms with Gasteiger partial charge < -0.3 is 14.8 Å². The van der Waals surface area contributed by atoms with Crippen LogP contribution in [-0.4, -0.2) is 45.8 Å². The number of aromatic nitrogens is 2. The third kappa shape index (κ3) is 5.11. The van der Waals surface area contributed by atoms with E-state index in [4.69, 9.17) is 4.74 Å². The smallest absolute Gasteiger partial charge is 0.119 e. The van der Waals surface area contributed by atoms with Gasteiger partial charge in [0.2, 0.25) is 0 Å². The lowest BCUT2D eigenvalue weighted by atomic mass is 9.98. The lowest BCUT2D eigenvalue weighted by Gasteiger charge is -2.28. The second-order valence-electron chi connectivity index (χ2n) is 8.11. The molecule has 1 unspecified atom stereocenters. The number of benzene rings is 1. The van der Waals surface area contributed by atoms with Gasteiger partial charge in [-0.2, -0.15) is 0 Å². The van der Waals surface area contributed by atoms with Gasteiger partial charge in [-0.15, -0.1) is 0 Å².